The third-order valence-corrected chi connectivity index (χ3v) is 6.83. The molecule has 0 atom stereocenters. The smallest absolute Gasteiger partial charge is 0.450 e. The molecule has 0 aliphatic carbocycles. The first kappa shape index (κ1) is 29.9. The Kier molecular flexibility index (Phi) is 8.67. The van der Waals surface area contributed by atoms with Crippen LogP contribution in [0.4, 0.5) is 27.8 Å². The van der Waals surface area contributed by atoms with Gasteiger partial charge in [0, 0.05) is 12.3 Å². The Hall–Kier alpha value is -5.10. The van der Waals surface area contributed by atoms with Gasteiger partial charge < -0.3 is 14.8 Å². The Bertz CT molecular complexity index is 1770. The third-order valence-electron chi connectivity index (χ3n) is 5.19. The first-order valence-electron chi connectivity index (χ1n) is 11.7. The summed E-state index contributed by atoms with van der Waals surface area (Å²) in [6.07, 6.45) is -2.89. The van der Waals surface area contributed by atoms with E-state index in [1.54, 1.807) is 17.4 Å². The Labute approximate surface area is 235 Å². The summed E-state index contributed by atoms with van der Waals surface area (Å²) >= 11 is 0. The van der Waals surface area contributed by atoms with Crippen molar-refractivity contribution in [1.29, 1.82) is 0 Å². The number of hydrogen-bond donors (Lipinski definition) is 1. The number of aromatic nitrogens is 3. The Morgan fingerprint density at radius 3 is 2.31 bits per heavy atom. The maximum atomic E-state index is 14.4. The second-order valence-electron chi connectivity index (χ2n) is 8.10. The summed E-state index contributed by atoms with van der Waals surface area (Å²) in [4.78, 5) is 23.4. The molecule has 3 heterocycles. The normalized spacial score (nSPS) is 11.3. The number of hydrogen-bond acceptors (Lipinski definition) is 8. The summed E-state index contributed by atoms with van der Waals surface area (Å²) in [5.41, 5.74) is -0.119. The summed E-state index contributed by atoms with van der Waals surface area (Å²) in [5, 5.41) is 1.31. The van der Waals surface area contributed by atoms with Crippen LogP contribution in [0.3, 0.4) is 0 Å². The minimum absolute atomic E-state index is 0.110. The molecule has 0 spiro atoms. The summed E-state index contributed by atoms with van der Waals surface area (Å²) in [6, 6.07) is 10.8. The van der Waals surface area contributed by atoms with Crippen LogP contribution in [0.15, 0.2) is 72.0 Å². The highest BCUT2D eigenvalue weighted by atomic mass is 32.2. The number of ether oxygens (including phenoxy) is 2. The van der Waals surface area contributed by atoms with Crippen LogP contribution in [-0.4, -0.2) is 41.2 Å². The summed E-state index contributed by atoms with van der Waals surface area (Å²) < 4.78 is 103. The van der Waals surface area contributed by atoms with Gasteiger partial charge in [-0.1, -0.05) is 25.0 Å². The van der Waals surface area contributed by atoms with Crippen molar-refractivity contribution in [3.8, 4) is 35.0 Å². The van der Waals surface area contributed by atoms with E-state index in [1.807, 2.05) is 0 Å². The van der Waals surface area contributed by atoms with Crippen LogP contribution in [-0.2, 0) is 14.6 Å². The number of nitrogens with one attached hydrogen (secondary N) is 1. The van der Waals surface area contributed by atoms with Crippen molar-refractivity contribution in [2.45, 2.75) is 18.1 Å². The van der Waals surface area contributed by atoms with Gasteiger partial charge in [0.05, 0.1) is 17.5 Å². The number of benzene rings is 1. The van der Waals surface area contributed by atoms with Crippen LogP contribution in [0.1, 0.15) is 18.2 Å². The van der Waals surface area contributed by atoms with E-state index in [0.29, 0.717) is 0 Å². The summed E-state index contributed by atoms with van der Waals surface area (Å²) in [6.45, 7) is 1.42. The molecular formula is C27H17F5N4O5S. The van der Waals surface area contributed by atoms with Crippen molar-refractivity contribution >= 4 is 21.6 Å². The topological polar surface area (TPSA) is 120 Å². The van der Waals surface area contributed by atoms with Crippen molar-refractivity contribution < 1.29 is 44.6 Å². The SMILES string of the molecule is CCS(=O)(=O)c1ccc(Oc2cc(C#Cc3ccccn3)c(NC(=O)C(F)(F)F)nc2Oc2c(F)cccc2F)cn1. The minimum atomic E-state index is -5.33. The Morgan fingerprint density at radius 1 is 0.976 bits per heavy atom. The zero-order valence-electron chi connectivity index (χ0n) is 21.2. The fraction of sp³-hybridized carbons (Fsp3) is 0.111. The predicted octanol–water partition coefficient (Wildman–Crippen LogP) is 5.43. The molecule has 9 nitrogen and oxygen atoms in total. The van der Waals surface area contributed by atoms with E-state index >= 15 is 0 Å². The van der Waals surface area contributed by atoms with E-state index in [0.717, 1.165) is 36.5 Å². The van der Waals surface area contributed by atoms with Crippen molar-refractivity contribution in [3.05, 3.63) is 89.9 Å². The van der Waals surface area contributed by atoms with Gasteiger partial charge in [-0.05, 0) is 42.3 Å². The van der Waals surface area contributed by atoms with Gasteiger partial charge in [0.1, 0.15) is 11.4 Å². The number of alkyl halides is 3. The van der Waals surface area contributed by atoms with Gasteiger partial charge in [0.2, 0.25) is 5.75 Å². The molecule has 0 saturated heterocycles. The third kappa shape index (κ3) is 7.15. The average molecular weight is 605 g/mol. The molecule has 1 amide bonds. The fourth-order valence-electron chi connectivity index (χ4n) is 3.12. The van der Waals surface area contributed by atoms with Crippen LogP contribution in [0, 0.1) is 23.5 Å². The van der Waals surface area contributed by atoms with E-state index in [1.165, 1.54) is 25.3 Å². The van der Waals surface area contributed by atoms with Crippen molar-refractivity contribution in [1.82, 2.24) is 15.0 Å². The molecule has 216 valence electrons. The van der Waals surface area contributed by atoms with Crippen LogP contribution >= 0.6 is 0 Å². The standard InChI is InChI=1S/C27H17F5N4O5S/c1-2-42(38,39)22-12-11-18(15-34-22)40-21-14-16(9-10-17-6-3-4-13-33-17)24(36-26(37)27(30,31)32)35-25(21)41-23-19(28)7-5-8-20(23)29/h3-8,11-15H,2H2,1H3,(H,35,36,37). The van der Waals surface area contributed by atoms with Crippen LogP contribution in [0.25, 0.3) is 0 Å². The first-order valence-corrected chi connectivity index (χ1v) is 13.4. The number of rotatable bonds is 7. The number of nitrogens with zero attached hydrogens (tertiary/aromatic N) is 3. The molecule has 0 aliphatic rings. The van der Waals surface area contributed by atoms with Gasteiger partial charge in [-0.3, -0.25) is 4.79 Å². The van der Waals surface area contributed by atoms with E-state index in [-0.39, 0.29) is 27.8 Å². The van der Waals surface area contributed by atoms with Crippen LogP contribution in [0.2, 0.25) is 0 Å². The fourth-order valence-corrected chi connectivity index (χ4v) is 3.91. The number of halogens is 5. The van der Waals surface area contributed by atoms with Crippen molar-refractivity contribution in [3.63, 3.8) is 0 Å². The quantitative estimate of drug-likeness (QED) is 0.219. The molecule has 1 aromatic carbocycles. The monoisotopic (exact) mass is 604 g/mol. The van der Waals surface area contributed by atoms with Crippen molar-refractivity contribution in [2.24, 2.45) is 0 Å². The summed E-state index contributed by atoms with van der Waals surface area (Å²) in [7, 11) is -3.66. The lowest BCUT2D eigenvalue weighted by Crippen LogP contribution is -2.30. The molecule has 0 aliphatic heterocycles. The molecule has 0 fully saturated rings. The highest BCUT2D eigenvalue weighted by Gasteiger charge is 2.39. The number of pyridine rings is 3. The van der Waals surface area contributed by atoms with Crippen LogP contribution in [0.5, 0.6) is 23.1 Å². The zero-order valence-corrected chi connectivity index (χ0v) is 22.1. The van der Waals surface area contributed by atoms with Gasteiger partial charge in [0.25, 0.3) is 5.88 Å². The first-order chi connectivity index (χ1) is 19.9. The van der Waals surface area contributed by atoms with Gasteiger partial charge in [-0.2, -0.15) is 18.2 Å². The molecule has 0 bridgehead atoms. The van der Waals surface area contributed by atoms with Gasteiger partial charge in [0.15, 0.2) is 38.1 Å². The minimum Gasteiger partial charge on any atom is -0.450 e. The molecule has 4 rings (SSSR count). The summed E-state index contributed by atoms with van der Waals surface area (Å²) in [5.74, 6) is -2.94. The number of carbonyl (C=O) groups is 1. The lowest BCUT2D eigenvalue weighted by Gasteiger charge is -2.16. The van der Waals surface area contributed by atoms with E-state index in [9.17, 15) is 35.2 Å². The number of carbonyl (C=O) groups excluding carboxylic acids is 1. The van der Waals surface area contributed by atoms with Gasteiger partial charge >= 0.3 is 12.1 Å². The second-order valence-corrected chi connectivity index (χ2v) is 10.3. The van der Waals surface area contributed by atoms with E-state index < -0.39 is 56.8 Å². The Morgan fingerprint density at radius 2 is 1.71 bits per heavy atom. The Balaban J connectivity index is 1.86. The highest BCUT2D eigenvalue weighted by molar-refractivity contribution is 7.91. The number of sulfone groups is 1. The van der Waals surface area contributed by atoms with E-state index in [2.05, 4.69) is 26.8 Å². The molecule has 0 unspecified atom stereocenters. The molecular weight excluding hydrogens is 587 g/mol. The molecule has 0 radical (unpaired) electrons. The number of amides is 1. The van der Waals surface area contributed by atoms with Crippen molar-refractivity contribution in [2.75, 3.05) is 11.1 Å². The lowest BCUT2D eigenvalue weighted by molar-refractivity contribution is -0.167. The molecule has 42 heavy (non-hydrogen) atoms. The molecule has 1 N–H and O–H groups in total. The molecule has 0 saturated carbocycles. The second kappa shape index (κ2) is 12.2. The largest absolute Gasteiger partial charge is 0.471 e. The highest BCUT2D eigenvalue weighted by Crippen LogP contribution is 2.38. The lowest BCUT2D eigenvalue weighted by atomic mass is 10.2. The molecule has 4 aromatic rings. The maximum absolute atomic E-state index is 14.4. The maximum Gasteiger partial charge on any atom is 0.471 e. The molecule has 3 aromatic heterocycles. The van der Waals surface area contributed by atoms with Gasteiger partial charge in [-0.15, -0.1) is 0 Å². The number of para-hydroxylation sites is 1. The van der Waals surface area contributed by atoms with Crippen LogP contribution < -0.4 is 14.8 Å². The van der Waals surface area contributed by atoms with Gasteiger partial charge in [-0.25, -0.2) is 27.2 Å². The molecule has 15 heteroatoms. The average Bonchev–Trinajstić information content (AvgIpc) is 2.95. The van der Waals surface area contributed by atoms with E-state index in [4.69, 9.17) is 9.47 Å². The zero-order chi connectivity index (χ0) is 30.5. The predicted molar refractivity (Wildman–Crippen MR) is 138 cm³/mol. The number of anilines is 1.